The van der Waals surface area contributed by atoms with E-state index in [0.29, 0.717) is 4.70 Å². The smallest absolute Gasteiger partial charge is 0.268 e. The van der Waals surface area contributed by atoms with Crippen LogP contribution in [0.25, 0.3) is 20.4 Å². The van der Waals surface area contributed by atoms with Gasteiger partial charge in [-0.2, -0.15) is 0 Å². The molecule has 6 nitrogen and oxygen atoms in total. The lowest BCUT2D eigenvalue weighted by Crippen LogP contribution is -2.03. The van der Waals surface area contributed by atoms with Crippen molar-refractivity contribution in [3.63, 3.8) is 0 Å². The van der Waals surface area contributed by atoms with E-state index in [1.807, 2.05) is 13.0 Å². The number of aromatic nitrogens is 3. The zero-order valence-electron chi connectivity index (χ0n) is 15.2. The second-order valence-corrected chi connectivity index (χ2v) is 7.29. The van der Waals surface area contributed by atoms with E-state index in [2.05, 4.69) is 45.4 Å². The highest BCUT2D eigenvalue weighted by Gasteiger charge is 2.13. The van der Waals surface area contributed by atoms with Gasteiger partial charge in [-0.25, -0.2) is 9.97 Å². The minimum Gasteiger partial charge on any atom is -0.493 e. The molecule has 0 atom stereocenters. The highest BCUT2D eigenvalue weighted by Crippen LogP contribution is 2.33. The number of thiophene rings is 1. The van der Waals surface area contributed by atoms with Crippen molar-refractivity contribution in [1.82, 2.24) is 15.0 Å². The van der Waals surface area contributed by atoms with Crippen LogP contribution in [0, 0.1) is 6.92 Å². The molecule has 0 aliphatic carbocycles. The Balaban J connectivity index is 0.000000153. The molecule has 0 fully saturated rings. The van der Waals surface area contributed by atoms with Crippen molar-refractivity contribution in [3.05, 3.63) is 58.3 Å². The number of H-pyrrole nitrogens is 1. The lowest BCUT2D eigenvalue weighted by molar-refractivity contribution is 0.357. The Bertz CT molecular complexity index is 1170. The highest BCUT2D eigenvalue weighted by molar-refractivity contribution is 7.25. The van der Waals surface area contributed by atoms with Gasteiger partial charge in [0.25, 0.3) is 5.56 Å². The number of hydrogen-bond acceptors (Lipinski definition) is 6. The summed E-state index contributed by atoms with van der Waals surface area (Å²) in [7, 11) is 0. The predicted octanol–water partition coefficient (Wildman–Crippen LogP) is 3.89. The first-order valence-corrected chi connectivity index (χ1v) is 9.70. The van der Waals surface area contributed by atoms with E-state index in [0.717, 1.165) is 46.7 Å². The fourth-order valence-corrected chi connectivity index (χ4v) is 4.18. The summed E-state index contributed by atoms with van der Waals surface area (Å²) >= 11 is 1.37. The molecule has 7 heteroatoms. The normalized spacial score (nSPS) is 12.4. The molecule has 1 aromatic carbocycles. The predicted molar refractivity (Wildman–Crippen MR) is 110 cm³/mol. The van der Waals surface area contributed by atoms with Crippen molar-refractivity contribution in [2.24, 2.45) is 0 Å². The average molecular weight is 380 g/mol. The number of aromatic amines is 1. The van der Waals surface area contributed by atoms with Gasteiger partial charge in [0.2, 0.25) is 0 Å². The third kappa shape index (κ3) is 3.38. The quantitative estimate of drug-likeness (QED) is 0.551. The summed E-state index contributed by atoms with van der Waals surface area (Å²) in [5.41, 5.74) is 4.27. The maximum atomic E-state index is 11.7. The maximum Gasteiger partial charge on any atom is 0.268 e. The van der Waals surface area contributed by atoms with Gasteiger partial charge in [-0.3, -0.25) is 4.79 Å². The standard InChI is InChI=1S/C11H10N4OS.C9H10O/c1-2-12-6-3-4-13-11-7(6)8-9(17-11)10(16)15-5-14-8;1-7-2-3-9-8(6-7)4-5-10-9/h3-5H,2H2,1H3,(H,12,13)(H,14,15,16);2-3,6H,4-5H2,1H3. The molecule has 0 bridgehead atoms. The van der Waals surface area contributed by atoms with E-state index in [-0.39, 0.29) is 5.56 Å². The largest absolute Gasteiger partial charge is 0.493 e. The number of nitrogens with one attached hydrogen (secondary N) is 2. The molecule has 27 heavy (non-hydrogen) atoms. The van der Waals surface area contributed by atoms with Crippen LogP contribution < -0.4 is 15.6 Å². The lowest BCUT2D eigenvalue weighted by Gasteiger charge is -2.03. The molecule has 0 unspecified atom stereocenters. The SMILES string of the molecule is CCNc1ccnc2sc3c(=O)[nH]cnc3c12.Cc1ccc2c(c1)CCO2. The minimum absolute atomic E-state index is 0.111. The molecule has 3 aromatic heterocycles. The summed E-state index contributed by atoms with van der Waals surface area (Å²) in [4.78, 5) is 23.6. The Morgan fingerprint density at radius 2 is 2.19 bits per heavy atom. The number of hydrogen-bond donors (Lipinski definition) is 2. The van der Waals surface area contributed by atoms with Crippen molar-refractivity contribution in [2.75, 3.05) is 18.5 Å². The molecule has 4 heterocycles. The van der Waals surface area contributed by atoms with Crippen LogP contribution in [0.15, 0.2) is 41.6 Å². The molecule has 4 aromatic rings. The topological polar surface area (TPSA) is 79.9 Å². The van der Waals surface area contributed by atoms with Gasteiger partial charge in [0.05, 0.1) is 23.8 Å². The number of aryl methyl sites for hydroxylation is 1. The molecule has 0 radical (unpaired) electrons. The van der Waals surface area contributed by atoms with E-state index >= 15 is 0 Å². The molecule has 0 spiro atoms. The van der Waals surface area contributed by atoms with E-state index in [1.54, 1.807) is 6.20 Å². The second kappa shape index (κ2) is 7.36. The van der Waals surface area contributed by atoms with Gasteiger partial charge >= 0.3 is 0 Å². The number of nitrogens with zero attached hydrogens (tertiary/aromatic N) is 2. The number of benzene rings is 1. The van der Waals surface area contributed by atoms with Crippen molar-refractivity contribution in [2.45, 2.75) is 20.3 Å². The molecule has 0 saturated heterocycles. The molecule has 1 aliphatic heterocycles. The number of rotatable bonds is 2. The molecule has 0 saturated carbocycles. The number of pyridine rings is 1. The van der Waals surface area contributed by atoms with Gasteiger partial charge in [-0.15, -0.1) is 11.3 Å². The van der Waals surface area contributed by atoms with Crippen LogP contribution in [0.4, 0.5) is 5.69 Å². The summed E-state index contributed by atoms with van der Waals surface area (Å²) in [6, 6.07) is 8.24. The molecular formula is C20H20N4O2S. The van der Waals surface area contributed by atoms with Crippen molar-refractivity contribution in [3.8, 4) is 5.75 Å². The molecule has 5 rings (SSSR count). The summed E-state index contributed by atoms with van der Waals surface area (Å²) in [6.45, 7) is 5.82. The Kier molecular flexibility index (Phi) is 4.77. The third-order valence-corrected chi connectivity index (χ3v) is 5.46. The highest BCUT2D eigenvalue weighted by atomic mass is 32.1. The Labute approximate surface area is 160 Å². The van der Waals surface area contributed by atoms with E-state index in [1.165, 1.54) is 28.8 Å². The van der Waals surface area contributed by atoms with E-state index in [4.69, 9.17) is 4.74 Å². The van der Waals surface area contributed by atoms with Crippen molar-refractivity contribution in [1.29, 1.82) is 0 Å². The summed E-state index contributed by atoms with van der Waals surface area (Å²) in [6.07, 6.45) is 4.25. The van der Waals surface area contributed by atoms with Gasteiger partial charge in [0.15, 0.2) is 0 Å². The number of fused-ring (bicyclic) bond motifs is 4. The maximum absolute atomic E-state index is 11.7. The average Bonchev–Trinajstić information content (AvgIpc) is 3.28. The van der Waals surface area contributed by atoms with Crippen molar-refractivity contribution >= 4 is 37.5 Å². The van der Waals surface area contributed by atoms with Crippen LogP contribution in [0.1, 0.15) is 18.1 Å². The van der Waals surface area contributed by atoms with Crippen LogP contribution >= 0.6 is 11.3 Å². The molecule has 0 amide bonds. The Morgan fingerprint density at radius 1 is 1.30 bits per heavy atom. The zero-order valence-corrected chi connectivity index (χ0v) is 16.0. The van der Waals surface area contributed by atoms with Crippen LogP contribution in [-0.4, -0.2) is 28.1 Å². The van der Waals surface area contributed by atoms with E-state index in [9.17, 15) is 4.79 Å². The first-order valence-electron chi connectivity index (χ1n) is 8.88. The summed E-state index contributed by atoms with van der Waals surface area (Å²) in [5.74, 6) is 1.07. The number of ether oxygens (including phenoxy) is 1. The number of anilines is 1. The zero-order chi connectivity index (χ0) is 18.8. The molecule has 2 N–H and O–H groups in total. The molecule has 138 valence electrons. The monoisotopic (exact) mass is 380 g/mol. The van der Waals surface area contributed by atoms with Gasteiger partial charge in [-0.1, -0.05) is 17.7 Å². The summed E-state index contributed by atoms with van der Waals surface area (Å²) in [5, 5.41) is 4.19. The second-order valence-electron chi connectivity index (χ2n) is 6.29. The third-order valence-electron chi connectivity index (χ3n) is 4.37. The van der Waals surface area contributed by atoms with Gasteiger partial charge in [-0.05, 0) is 31.5 Å². The minimum atomic E-state index is -0.111. The fraction of sp³-hybridized carbons (Fsp3) is 0.250. The molecule has 1 aliphatic rings. The molecular weight excluding hydrogens is 360 g/mol. The van der Waals surface area contributed by atoms with Gasteiger partial charge in [0, 0.05) is 24.8 Å². The Morgan fingerprint density at radius 3 is 3.04 bits per heavy atom. The lowest BCUT2D eigenvalue weighted by atomic mass is 10.1. The van der Waals surface area contributed by atoms with Gasteiger partial charge < -0.3 is 15.0 Å². The van der Waals surface area contributed by atoms with Gasteiger partial charge in [0.1, 0.15) is 15.3 Å². The van der Waals surface area contributed by atoms with Crippen LogP contribution in [-0.2, 0) is 6.42 Å². The first kappa shape index (κ1) is 17.5. The fourth-order valence-electron chi connectivity index (χ4n) is 3.16. The van der Waals surface area contributed by atoms with Crippen LogP contribution in [0.5, 0.6) is 5.75 Å². The van der Waals surface area contributed by atoms with E-state index < -0.39 is 0 Å². The van der Waals surface area contributed by atoms with Crippen LogP contribution in [0.3, 0.4) is 0 Å². The summed E-state index contributed by atoms with van der Waals surface area (Å²) < 4.78 is 5.98. The Hall–Kier alpha value is -2.93. The van der Waals surface area contributed by atoms with Crippen LogP contribution in [0.2, 0.25) is 0 Å². The van der Waals surface area contributed by atoms with Crippen molar-refractivity contribution < 1.29 is 4.74 Å². The first-order chi connectivity index (χ1) is 13.2.